The third-order valence-electron chi connectivity index (χ3n) is 4.50. The molecule has 26 heavy (non-hydrogen) atoms. The van der Waals surface area contributed by atoms with Crippen LogP contribution in [0.4, 0.5) is 15.9 Å². The second-order valence-electron chi connectivity index (χ2n) is 6.81. The van der Waals surface area contributed by atoms with Crippen LogP contribution in [-0.4, -0.2) is 47.8 Å². The fourth-order valence-electron chi connectivity index (χ4n) is 2.86. The Balaban J connectivity index is 1.88. The lowest BCUT2D eigenvalue weighted by Gasteiger charge is -2.37. The van der Waals surface area contributed by atoms with Crippen molar-refractivity contribution in [3.05, 3.63) is 54.0 Å². The summed E-state index contributed by atoms with van der Waals surface area (Å²) in [5.41, 5.74) is 0.479. The number of aromatic nitrogens is 1. The molecule has 0 spiro atoms. The molecule has 8 heteroatoms. The number of anilines is 2. The van der Waals surface area contributed by atoms with Crippen LogP contribution in [0.1, 0.15) is 24.2 Å². The molecule has 0 bridgehead atoms. The van der Waals surface area contributed by atoms with Crippen LogP contribution in [0.2, 0.25) is 0 Å². The maximum atomic E-state index is 13.9. The molecule has 1 saturated heterocycles. The molecule has 1 N–H and O–H groups in total. The van der Waals surface area contributed by atoms with Gasteiger partial charge in [0.1, 0.15) is 11.6 Å². The number of benzene rings is 1. The normalized spacial score (nSPS) is 18.3. The van der Waals surface area contributed by atoms with E-state index in [9.17, 15) is 17.6 Å². The van der Waals surface area contributed by atoms with Crippen molar-refractivity contribution in [1.82, 2.24) is 9.88 Å². The lowest BCUT2D eigenvalue weighted by Crippen LogP contribution is -2.54. The van der Waals surface area contributed by atoms with Crippen molar-refractivity contribution in [3.63, 3.8) is 0 Å². The van der Waals surface area contributed by atoms with E-state index in [0.29, 0.717) is 0 Å². The number of hydrogen-bond donors (Lipinski definition) is 1. The molecule has 6 nitrogen and oxygen atoms in total. The van der Waals surface area contributed by atoms with Gasteiger partial charge < -0.3 is 10.2 Å². The highest BCUT2D eigenvalue weighted by molar-refractivity contribution is 7.92. The SMILES string of the molecule is CC1(C)CN(C(=O)c2cccnc2Nc2ccccc2F)CCS1(=O)=O. The smallest absolute Gasteiger partial charge is 0.257 e. The standard InChI is InChI=1S/C18H20FN3O3S/c1-18(2)12-22(10-11-26(18,24)25)17(23)13-6-5-9-20-16(13)21-15-8-4-3-7-14(15)19/h3-9H,10-12H2,1-2H3,(H,20,21). The number of sulfone groups is 1. The van der Waals surface area contributed by atoms with E-state index in [4.69, 9.17) is 0 Å². The molecule has 0 saturated carbocycles. The van der Waals surface area contributed by atoms with Crippen LogP contribution in [0.15, 0.2) is 42.6 Å². The monoisotopic (exact) mass is 377 g/mol. The number of carbonyl (C=O) groups is 1. The van der Waals surface area contributed by atoms with Crippen LogP contribution in [0.25, 0.3) is 0 Å². The van der Waals surface area contributed by atoms with Gasteiger partial charge >= 0.3 is 0 Å². The molecule has 0 aliphatic carbocycles. The van der Waals surface area contributed by atoms with E-state index >= 15 is 0 Å². The van der Waals surface area contributed by atoms with Gasteiger partial charge in [0.05, 0.1) is 21.8 Å². The van der Waals surface area contributed by atoms with Crippen molar-refractivity contribution in [2.75, 3.05) is 24.2 Å². The van der Waals surface area contributed by atoms with Gasteiger partial charge in [-0.2, -0.15) is 0 Å². The highest BCUT2D eigenvalue weighted by Crippen LogP contribution is 2.27. The summed E-state index contributed by atoms with van der Waals surface area (Å²) in [7, 11) is -3.25. The number of nitrogens with zero attached hydrogens (tertiary/aromatic N) is 2. The zero-order chi connectivity index (χ0) is 18.9. The molecule has 1 aliphatic heterocycles. The minimum Gasteiger partial charge on any atom is -0.337 e. The molecule has 0 radical (unpaired) electrons. The van der Waals surface area contributed by atoms with Crippen LogP contribution >= 0.6 is 0 Å². The van der Waals surface area contributed by atoms with Crippen molar-refractivity contribution in [2.24, 2.45) is 0 Å². The van der Waals surface area contributed by atoms with E-state index in [1.807, 2.05) is 0 Å². The fraction of sp³-hybridized carbons (Fsp3) is 0.333. The van der Waals surface area contributed by atoms with Gasteiger partial charge in [0.15, 0.2) is 9.84 Å². The van der Waals surface area contributed by atoms with E-state index in [1.165, 1.54) is 17.2 Å². The first-order chi connectivity index (χ1) is 12.2. The Kier molecular flexibility index (Phi) is 4.70. The first-order valence-electron chi connectivity index (χ1n) is 8.19. The van der Waals surface area contributed by atoms with Crippen molar-refractivity contribution < 1.29 is 17.6 Å². The predicted molar refractivity (Wildman–Crippen MR) is 97.7 cm³/mol. The number of halogens is 1. The van der Waals surface area contributed by atoms with Crippen LogP contribution in [0, 0.1) is 5.82 Å². The molecular weight excluding hydrogens is 357 g/mol. The molecule has 2 aromatic rings. The summed E-state index contributed by atoms with van der Waals surface area (Å²) in [6.45, 7) is 3.45. The highest BCUT2D eigenvalue weighted by atomic mass is 32.2. The lowest BCUT2D eigenvalue weighted by molar-refractivity contribution is 0.0744. The van der Waals surface area contributed by atoms with Crippen LogP contribution in [-0.2, 0) is 9.84 Å². The third kappa shape index (κ3) is 3.41. The number of para-hydroxylation sites is 1. The second-order valence-corrected chi connectivity index (χ2v) is 9.55. The molecule has 0 atom stereocenters. The molecule has 1 aromatic heterocycles. The number of nitrogens with one attached hydrogen (secondary N) is 1. The van der Waals surface area contributed by atoms with E-state index in [0.717, 1.165) is 0 Å². The minimum absolute atomic E-state index is 0.0813. The summed E-state index contributed by atoms with van der Waals surface area (Å²) in [6, 6.07) is 9.31. The van der Waals surface area contributed by atoms with E-state index < -0.39 is 20.4 Å². The summed E-state index contributed by atoms with van der Waals surface area (Å²) < 4.78 is 37.2. The average Bonchev–Trinajstić information content (AvgIpc) is 2.59. The summed E-state index contributed by atoms with van der Waals surface area (Å²) in [5, 5.41) is 2.85. The maximum Gasteiger partial charge on any atom is 0.257 e. The number of amides is 1. The third-order valence-corrected chi connectivity index (χ3v) is 7.03. The van der Waals surface area contributed by atoms with Gasteiger partial charge in [-0.15, -0.1) is 0 Å². The summed E-state index contributed by atoms with van der Waals surface area (Å²) in [6.07, 6.45) is 1.50. The number of rotatable bonds is 3. The Morgan fingerprint density at radius 3 is 2.65 bits per heavy atom. The van der Waals surface area contributed by atoms with Crippen LogP contribution in [0.5, 0.6) is 0 Å². The lowest BCUT2D eigenvalue weighted by atomic mass is 10.1. The molecule has 1 aliphatic rings. The summed E-state index contributed by atoms with van der Waals surface area (Å²) in [5.74, 6) is -0.641. The van der Waals surface area contributed by atoms with Crippen LogP contribution in [0.3, 0.4) is 0 Å². The van der Waals surface area contributed by atoms with Gasteiger partial charge in [0.2, 0.25) is 0 Å². The topological polar surface area (TPSA) is 79.4 Å². The number of carbonyl (C=O) groups excluding carboxylic acids is 1. The molecule has 1 fully saturated rings. The number of pyridine rings is 1. The van der Waals surface area contributed by atoms with Gasteiger partial charge in [0, 0.05) is 19.3 Å². The van der Waals surface area contributed by atoms with Gasteiger partial charge in [-0.1, -0.05) is 12.1 Å². The first-order valence-corrected chi connectivity index (χ1v) is 9.85. The molecule has 1 aromatic carbocycles. The Bertz CT molecular complexity index is 944. The Labute approximate surface area is 152 Å². The van der Waals surface area contributed by atoms with E-state index in [2.05, 4.69) is 10.3 Å². The van der Waals surface area contributed by atoms with Gasteiger partial charge in [-0.05, 0) is 38.1 Å². The summed E-state index contributed by atoms with van der Waals surface area (Å²) >= 11 is 0. The van der Waals surface area contributed by atoms with E-state index in [1.54, 1.807) is 44.2 Å². The van der Waals surface area contributed by atoms with E-state index in [-0.39, 0.29) is 41.8 Å². The molecular formula is C18H20FN3O3S. The number of hydrogen-bond acceptors (Lipinski definition) is 5. The average molecular weight is 377 g/mol. The van der Waals surface area contributed by atoms with Crippen molar-refractivity contribution in [2.45, 2.75) is 18.6 Å². The van der Waals surface area contributed by atoms with Gasteiger partial charge in [-0.25, -0.2) is 17.8 Å². The highest BCUT2D eigenvalue weighted by Gasteiger charge is 2.42. The quantitative estimate of drug-likeness (QED) is 0.889. The first kappa shape index (κ1) is 18.3. The second kappa shape index (κ2) is 6.68. The molecule has 3 rings (SSSR count). The molecule has 1 amide bonds. The van der Waals surface area contributed by atoms with Crippen LogP contribution < -0.4 is 5.32 Å². The summed E-state index contributed by atoms with van der Waals surface area (Å²) in [4.78, 5) is 18.6. The van der Waals surface area contributed by atoms with Crippen molar-refractivity contribution in [1.29, 1.82) is 0 Å². The predicted octanol–water partition coefficient (Wildman–Crippen LogP) is 2.61. The molecule has 2 heterocycles. The fourth-order valence-corrected chi connectivity index (χ4v) is 4.22. The Morgan fingerprint density at radius 2 is 1.96 bits per heavy atom. The van der Waals surface area contributed by atoms with Gasteiger partial charge in [-0.3, -0.25) is 4.79 Å². The van der Waals surface area contributed by atoms with Crippen molar-refractivity contribution in [3.8, 4) is 0 Å². The molecule has 138 valence electrons. The maximum absolute atomic E-state index is 13.9. The Morgan fingerprint density at radius 1 is 1.23 bits per heavy atom. The zero-order valence-corrected chi connectivity index (χ0v) is 15.4. The Hall–Kier alpha value is -2.48. The van der Waals surface area contributed by atoms with Gasteiger partial charge in [0.25, 0.3) is 5.91 Å². The minimum atomic E-state index is -3.25. The molecule has 0 unspecified atom stereocenters. The van der Waals surface area contributed by atoms with Crippen molar-refractivity contribution >= 4 is 27.2 Å². The zero-order valence-electron chi connectivity index (χ0n) is 14.6. The largest absolute Gasteiger partial charge is 0.337 e.